The molecule has 2 heterocycles. The predicted molar refractivity (Wildman–Crippen MR) is 80.4 cm³/mol. The lowest BCUT2D eigenvalue weighted by Gasteiger charge is -2.35. The normalized spacial score (nSPS) is 25.7. The van der Waals surface area contributed by atoms with Crippen LogP contribution in [0.25, 0.3) is 0 Å². The first-order chi connectivity index (χ1) is 9.90. The summed E-state index contributed by atoms with van der Waals surface area (Å²) in [5.41, 5.74) is 1.31. The van der Waals surface area contributed by atoms with E-state index in [9.17, 15) is 0 Å². The summed E-state index contributed by atoms with van der Waals surface area (Å²) >= 11 is 0. The molecule has 0 radical (unpaired) electrons. The summed E-state index contributed by atoms with van der Waals surface area (Å²) in [7, 11) is 0. The van der Waals surface area contributed by atoms with Gasteiger partial charge >= 0.3 is 0 Å². The third kappa shape index (κ3) is 4.03. The largest absolute Gasteiger partial charge is 0.376 e. The first-order valence-corrected chi connectivity index (χ1v) is 8.13. The number of aromatic nitrogens is 1. The summed E-state index contributed by atoms with van der Waals surface area (Å²) < 4.78 is 5.99. The standard InChI is InChI=1S/C17H26N2O/c1-2-5-15(6-3-1)11-17-14-19(9-10-20-17)13-16-7-4-8-18-12-16/h4,7-8,12,15,17H,1-3,5-6,9-11,13-14H2/t17-/m0/s1. The minimum Gasteiger partial charge on any atom is -0.376 e. The second-order valence-corrected chi connectivity index (χ2v) is 6.33. The third-order valence-electron chi connectivity index (χ3n) is 4.67. The van der Waals surface area contributed by atoms with Crippen LogP contribution in [-0.4, -0.2) is 35.7 Å². The lowest BCUT2D eigenvalue weighted by Crippen LogP contribution is -2.42. The van der Waals surface area contributed by atoms with E-state index in [2.05, 4.69) is 16.0 Å². The number of nitrogens with zero attached hydrogens (tertiary/aromatic N) is 2. The fourth-order valence-corrected chi connectivity index (χ4v) is 3.61. The Labute approximate surface area is 122 Å². The summed E-state index contributed by atoms with van der Waals surface area (Å²) in [4.78, 5) is 6.73. The van der Waals surface area contributed by atoms with Crippen LogP contribution < -0.4 is 0 Å². The molecule has 0 unspecified atom stereocenters. The molecule has 2 fully saturated rings. The van der Waals surface area contributed by atoms with Gasteiger partial charge in [0.1, 0.15) is 0 Å². The number of morpholine rings is 1. The molecule has 3 nitrogen and oxygen atoms in total. The molecule has 1 saturated carbocycles. The van der Waals surface area contributed by atoms with Gasteiger partial charge < -0.3 is 4.74 Å². The van der Waals surface area contributed by atoms with Gasteiger partial charge in [0.2, 0.25) is 0 Å². The van der Waals surface area contributed by atoms with Crippen molar-refractivity contribution in [1.29, 1.82) is 0 Å². The van der Waals surface area contributed by atoms with Gasteiger partial charge in [-0.15, -0.1) is 0 Å². The summed E-state index contributed by atoms with van der Waals surface area (Å²) in [5.74, 6) is 0.909. The number of ether oxygens (including phenoxy) is 1. The molecule has 20 heavy (non-hydrogen) atoms. The SMILES string of the molecule is c1cncc(CN2CCO[C@@H](CC3CCCCC3)C2)c1. The zero-order valence-electron chi connectivity index (χ0n) is 12.3. The van der Waals surface area contributed by atoms with Gasteiger partial charge in [-0.05, 0) is 24.0 Å². The van der Waals surface area contributed by atoms with Crippen molar-refractivity contribution in [1.82, 2.24) is 9.88 Å². The lowest BCUT2D eigenvalue weighted by molar-refractivity contribution is -0.0439. The van der Waals surface area contributed by atoms with Gasteiger partial charge in [0.05, 0.1) is 12.7 Å². The van der Waals surface area contributed by atoms with Gasteiger partial charge in [0.15, 0.2) is 0 Å². The third-order valence-corrected chi connectivity index (χ3v) is 4.67. The van der Waals surface area contributed by atoms with E-state index in [1.807, 2.05) is 18.5 Å². The van der Waals surface area contributed by atoms with Crippen molar-refractivity contribution in [3.05, 3.63) is 30.1 Å². The van der Waals surface area contributed by atoms with E-state index >= 15 is 0 Å². The topological polar surface area (TPSA) is 25.4 Å². The van der Waals surface area contributed by atoms with Crippen LogP contribution in [-0.2, 0) is 11.3 Å². The van der Waals surface area contributed by atoms with Crippen LogP contribution in [0, 0.1) is 5.92 Å². The summed E-state index contributed by atoms with van der Waals surface area (Å²) in [6.07, 6.45) is 12.7. The minimum atomic E-state index is 0.448. The predicted octanol–water partition coefficient (Wildman–Crippen LogP) is 3.25. The minimum absolute atomic E-state index is 0.448. The van der Waals surface area contributed by atoms with Crippen molar-refractivity contribution in [3.8, 4) is 0 Å². The van der Waals surface area contributed by atoms with Gasteiger partial charge in [-0.3, -0.25) is 9.88 Å². The van der Waals surface area contributed by atoms with E-state index in [0.29, 0.717) is 6.10 Å². The lowest BCUT2D eigenvalue weighted by atomic mass is 9.85. The van der Waals surface area contributed by atoms with E-state index in [1.165, 1.54) is 44.1 Å². The van der Waals surface area contributed by atoms with E-state index in [4.69, 9.17) is 4.74 Å². The van der Waals surface area contributed by atoms with Crippen molar-refractivity contribution in [2.45, 2.75) is 51.2 Å². The Kier molecular flexibility index (Phi) is 5.04. The fourth-order valence-electron chi connectivity index (χ4n) is 3.61. The number of pyridine rings is 1. The molecule has 0 bridgehead atoms. The van der Waals surface area contributed by atoms with Gasteiger partial charge in [0.25, 0.3) is 0 Å². The van der Waals surface area contributed by atoms with Gasteiger partial charge in [-0.2, -0.15) is 0 Å². The molecule has 1 saturated heterocycles. The van der Waals surface area contributed by atoms with Crippen molar-refractivity contribution in [3.63, 3.8) is 0 Å². The van der Waals surface area contributed by atoms with Crippen LogP contribution in [0.1, 0.15) is 44.1 Å². The molecule has 3 rings (SSSR count). The molecule has 0 N–H and O–H groups in total. The first kappa shape index (κ1) is 14.0. The maximum Gasteiger partial charge on any atom is 0.0705 e. The Morgan fingerprint density at radius 3 is 2.95 bits per heavy atom. The summed E-state index contributed by atoms with van der Waals surface area (Å²) in [5, 5.41) is 0. The number of rotatable bonds is 4. The Bertz CT molecular complexity index is 389. The Hall–Kier alpha value is -0.930. The Morgan fingerprint density at radius 2 is 2.15 bits per heavy atom. The van der Waals surface area contributed by atoms with Crippen LogP contribution in [0.4, 0.5) is 0 Å². The van der Waals surface area contributed by atoms with E-state index in [1.54, 1.807) is 0 Å². The molecule has 0 spiro atoms. The van der Waals surface area contributed by atoms with Crippen LogP contribution in [0.15, 0.2) is 24.5 Å². The molecule has 1 atom stereocenters. The van der Waals surface area contributed by atoms with Gasteiger partial charge in [-0.25, -0.2) is 0 Å². The maximum absolute atomic E-state index is 5.99. The van der Waals surface area contributed by atoms with E-state index < -0.39 is 0 Å². The van der Waals surface area contributed by atoms with Crippen molar-refractivity contribution in [2.24, 2.45) is 5.92 Å². The monoisotopic (exact) mass is 274 g/mol. The molecule has 0 amide bonds. The Morgan fingerprint density at radius 1 is 1.25 bits per heavy atom. The average molecular weight is 274 g/mol. The molecule has 3 heteroatoms. The van der Waals surface area contributed by atoms with Crippen LogP contribution in [0.2, 0.25) is 0 Å². The van der Waals surface area contributed by atoms with E-state index in [0.717, 1.165) is 32.2 Å². The molecule has 2 aliphatic rings. The quantitative estimate of drug-likeness (QED) is 0.842. The van der Waals surface area contributed by atoms with Crippen LogP contribution in [0.5, 0.6) is 0 Å². The zero-order valence-corrected chi connectivity index (χ0v) is 12.3. The highest BCUT2D eigenvalue weighted by molar-refractivity contribution is 5.08. The zero-order chi connectivity index (χ0) is 13.6. The highest BCUT2D eigenvalue weighted by Crippen LogP contribution is 2.29. The van der Waals surface area contributed by atoms with Crippen LogP contribution in [0.3, 0.4) is 0 Å². The molecule has 110 valence electrons. The van der Waals surface area contributed by atoms with Crippen molar-refractivity contribution < 1.29 is 4.74 Å². The molecule has 1 aromatic heterocycles. The molecule has 1 aliphatic carbocycles. The average Bonchev–Trinajstić information content (AvgIpc) is 2.50. The van der Waals surface area contributed by atoms with E-state index in [-0.39, 0.29) is 0 Å². The van der Waals surface area contributed by atoms with Crippen molar-refractivity contribution >= 4 is 0 Å². The van der Waals surface area contributed by atoms with Crippen molar-refractivity contribution in [2.75, 3.05) is 19.7 Å². The molecule has 1 aromatic rings. The van der Waals surface area contributed by atoms with Crippen LogP contribution >= 0.6 is 0 Å². The first-order valence-electron chi connectivity index (χ1n) is 8.13. The summed E-state index contributed by atoms with van der Waals surface area (Å²) in [6.45, 7) is 4.04. The molecular weight excluding hydrogens is 248 g/mol. The smallest absolute Gasteiger partial charge is 0.0705 e. The highest BCUT2D eigenvalue weighted by Gasteiger charge is 2.24. The van der Waals surface area contributed by atoms with Gasteiger partial charge in [-0.1, -0.05) is 38.2 Å². The summed E-state index contributed by atoms with van der Waals surface area (Å²) in [6, 6.07) is 4.19. The van der Waals surface area contributed by atoms with Gasteiger partial charge in [0, 0.05) is 32.0 Å². The Balaban J connectivity index is 1.48. The molecule has 1 aliphatic heterocycles. The number of hydrogen-bond donors (Lipinski definition) is 0. The second kappa shape index (κ2) is 7.19. The number of hydrogen-bond acceptors (Lipinski definition) is 3. The molecule has 0 aromatic carbocycles. The fraction of sp³-hybridized carbons (Fsp3) is 0.706. The molecular formula is C17H26N2O. The maximum atomic E-state index is 5.99. The highest BCUT2D eigenvalue weighted by atomic mass is 16.5. The second-order valence-electron chi connectivity index (χ2n) is 6.33.